The van der Waals surface area contributed by atoms with Gasteiger partial charge in [-0.3, -0.25) is 4.68 Å². The second-order valence-corrected chi connectivity index (χ2v) is 5.05. The third kappa shape index (κ3) is 2.30. The highest BCUT2D eigenvalue weighted by atomic mass is 79.9. The summed E-state index contributed by atoms with van der Waals surface area (Å²) >= 11 is 3.50. The fourth-order valence-corrected chi connectivity index (χ4v) is 2.51. The number of aromatic nitrogens is 4. The first-order valence-corrected chi connectivity index (χ1v) is 6.61. The minimum Gasteiger partial charge on any atom is -0.319 e. The van der Waals surface area contributed by atoms with E-state index < -0.39 is 0 Å². The van der Waals surface area contributed by atoms with Gasteiger partial charge in [-0.1, -0.05) is 0 Å². The Morgan fingerprint density at radius 1 is 1.39 bits per heavy atom. The van der Waals surface area contributed by atoms with Gasteiger partial charge in [0.15, 0.2) is 0 Å². The van der Waals surface area contributed by atoms with E-state index in [4.69, 9.17) is 5.73 Å². The Labute approximate surface area is 115 Å². The summed E-state index contributed by atoms with van der Waals surface area (Å²) < 4.78 is 2.81. The van der Waals surface area contributed by atoms with Gasteiger partial charge >= 0.3 is 0 Å². The molecule has 2 rings (SSSR count). The highest BCUT2D eigenvalue weighted by Gasteiger charge is 2.20. The maximum atomic E-state index is 6.35. The van der Waals surface area contributed by atoms with Crippen LogP contribution in [0.1, 0.15) is 35.6 Å². The Morgan fingerprint density at radius 3 is 2.78 bits per heavy atom. The Kier molecular flexibility index (Phi) is 3.77. The SMILES string of the molecule is CCn1ncc(Br)c1C(N)c1cc(C)nnc1C. The fourth-order valence-electron chi connectivity index (χ4n) is 1.97. The molecule has 18 heavy (non-hydrogen) atoms. The van der Waals surface area contributed by atoms with E-state index in [-0.39, 0.29) is 6.04 Å². The van der Waals surface area contributed by atoms with Gasteiger partial charge in [-0.25, -0.2) is 0 Å². The molecule has 6 heteroatoms. The van der Waals surface area contributed by atoms with Crippen molar-refractivity contribution in [3.8, 4) is 0 Å². The summed E-state index contributed by atoms with van der Waals surface area (Å²) in [5.74, 6) is 0. The van der Waals surface area contributed by atoms with E-state index >= 15 is 0 Å². The predicted molar refractivity (Wildman–Crippen MR) is 73.1 cm³/mol. The van der Waals surface area contributed by atoms with E-state index in [9.17, 15) is 0 Å². The lowest BCUT2D eigenvalue weighted by molar-refractivity contribution is 0.596. The molecule has 0 aromatic carbocycles. The molecule has 0 aliphatic heterocycles. The van der Waals surface area contributed by atoms with Crippen molar-refractivity contribution in [2.45, 2.75) is 33.4 Å². The molecule has 96 valence electrons. The van der Waals surface area contributed by atoms with Crippen molar-refractivity contribution >= 4 is 15.9 Å². The van der Waals surface area contributed by atoms with Crippen LogP contribution in [-0.4, -0.2) is 20.0 Å². The number of halogens is 1. The molecule has 0 spiro atoms. The first kappa shape index (κ1) is 13.2. The molecule has 0 fully saturated rings. The highest BCUT2D eigenvalue weighted by Crippen LogP contribution is 2.28. The zero-order valence-electron chi connectivity index (χ0n) is 10.7. The van der Waals surface area contributed by atoms with Gasteiger partial charge in [-0.15, -0.1) is 0 Å². The van der Waals surface area contributed by atoms with Crippen LogP contribution in [-0.2, 0) is 6.54 Å². The molecule has 0 bridgehead atoms. The number of rotatable bonds is 3. The number of nitrogens with zero attached hydrogens (tertiary/aromatic N) is 4. The van der Waals surface area contributed by atoms with Crippen LogP contribution < -0.4 is 5.73 Å². The van der Waals surface area contributed by atoms with E-state index in [0.717, 1.165) is 33.7 Å². The van der Waals surface area contributed by atoms with Crippen molar-refractivity contribution in [1.29, 1.82) is 0 Å². The fraction of sp³-hybridized carbons (Fsp3) is 0.417. The Hall–Kier alpha value is -1.27. The Balaban J connectivity index is 2.50. The number of hydrogen-bond acceptors (Lipinski definition) is 4. The largest absolute Gasteiger partial charge is 0.319 e. The molecule has 0 saturated carbocycles. The van der Waals surface area contributed by atoms with Gasteiger partial charge < -0.3 is 5.73 Å². The molecule has 0 amide bonds. The molecule has 2 heterocycles. The summed E-state index contributed by atoms with van der Waals surface area (Å²) in [7, 11) is 0. The predicted octanol–water partition coefficient (Wildman–Crippen LogP) is 2.12. The smallest absolute Gasteiger partial charge is 0.0753 e. The van der Waals surface area contributed by atoms with Crippen LogP contribution in [0.15, 0.2) is 16.7 Å². The number of hydrogen-bond donors (Lipinski definition) is 1. The number of aryl methyl sites for hydroxylation is 3. The van der Waals surface area contributed by atoms with Crippen LogP contribution >= 0.6 is 15.9 Å². The summed E-state index contributed by atoms with van der Waals surface area (Å²) in [5, 5.41) is 12.4. The highest BCUT2D eigenvalue weighted by molar-refractivity contribution is 9.10. The second-order valence-electron chi connectivity index (χ2n) is 4.20. The van der Waals surface area contributed by atoms with Crippen LogP contribution in [0.4, 0.5) is 0 Å². The van der Waals surface area contributed by atoms with Crippen LogP contribution in [0.2, 0.25) is 0 Å². The Morgan fingerprint density at radius 2 is 2.11 bits per heavy atom. The van der Waals surface area contributed by atoms with Gasteiger partial charge in [0.25, 0.3) is 0 Å². The monoisotopic (exact) mass is 309 g/mol. The third-order valence-electron chi connectivity index (χ3n) is 2.90. The molecule has 0 aliphatic carbocycles. The molecular formula is C12H16BrN5. The zero-order valence-corrected chi connectivity index (χ0v) is 12.3. The van der Waals surface area contributed by atoms with Crippen molar-refractivity contribution in [3.05, 3.63) is 39.4 Å². The molecule has 1 atom stereocenters. The standard InChI is InChI=1S/C12H16BrN5/c1-4-18-12(10(13)6-15-18)11(14)9-5-7(2)16-17-8(9)3/h5-6,11H,4,14H2,1-3H3. The first-order chi connectivity index (χ1) is 8.54. The topological polar surface area (TPSA) is 69.6 Å². The second kappa shape index (κ2) is 5.16. The normalized spacial score (nSPS) is 12.7. The maximum Gasteiger partial charge on any atom is 0.0753 e. The van der Waals surface area contributed by atoms with Gasteiger partial charge in [-0.2, -0.15) is 15.3 Å². The molecule has 0 aliphatic rings. The zero-order chi connectivity index (χ0) is 13.3. The molecule has 2 aromatic rings. The van der Waals surface area contributed by atoms with Gasteiger partial charge in [0.05, 0.1) is 33.8 Å². The molecule has 2 aromatic heterocycles. The van der Waals surface area contributed by atoms with Crippen molar-refractivity contribution < 1.29 is 0 Å². The molecule has 0 saturated heterocycles. The maximum absolute atomic E-state index is 6.35. The summed E-state index contributed by atoms with van der Waals surface area (Å²) in [4.78, 5) is 0. The van der Waals surface area contributed by atoms with Crippen LogP contribution in [0.3, 0.4) is 0 Å². The third-order valence-corrected chi connectivity index (χ3v) is 3.51. The summed E-state index contributed by atoms with van der Waals surface area (Å²) in [6, 6.07) is 1.72. The van der Waals surface area contributed by atoms with Gasteiger partial charge in [0.2, 0.25) is 0 Å². The minimum atomic E-state index is -0.254. The number of nitrogens with two attached hydrogens (primary N) is 1. The average molecular weight is 310 g/mol. The van der Waals surface area contributed by atoms with Gasteiger partial charge in [0, 0.05) is 6.54 Å². The van der Waals surface area contributed by atoms with Crippen molar-refractivity contribution in [2.24, 2.45) is 5.73 Å². The van der Waals surface area contributed by atoms with Crippen molar-refractivity contribution in [1.82, 2.24) is 20.0 Å². The lowest BCUT2D eigenvalue weighted by atomic mass is 10.0. The summed E-state index contributed by atoms with van der Waals surface area (Å²) in [6.45, 7) is 6.65. The summed E-state index contributed by atoms with van der Waals surface area (Å²) in [6.07, 6.45) is 1.77. The van der Waals surface area contributed by atoms with Crippen LogP contribution in [0.25, 0.3) is 0 Å². The first-order valence-electron chi connectivity index (χ1n) is 5.82. The molecule has 1 unspecified atom stereocenters. The van der Waals surface area contributed by atoms with E-state index in [1.807, 2.05) is 31.5 Å². The molecule has 0 radical (unpaired) electrons. The quantitative estimate of drug-likeness (QED) is 0.943. The summed E-state index contributed by atoms with van der Waals surface area (Å²) in [5.41, 5.74) is 10.0. The van der Waals surface area contributed by atoms with Gasteiger partial charge in [-0.05, 0) is 48.3 Å². The van der Waals surface area contributed by atoms with Crippen LogP contribution in [0, 0.1) is 13.8 Å². The van der Waals surface area contributed by atoms with Crippen LogP contribution in [0.5, 0.6) is 0 Å². The molecular weight excluding hydrogens is 294 g/mol. The van der Waals surface area contributed by atoms with E-state index in [0.29, 0.717) is 0 Å². The minimum absolute atomic E-state index is 0.254. The van der Waals surface area contributed by atoms with E-state index in [1.54, 1.807) is 6.20 Å². The van der Waals surface area contributed by atoms with Gasteiger partial charge in [0.1, 0.15) is 0 Å². The Bertz CT molecular complexity index is 564. The van der Waals surface area contributed by atoms with E-state index in [1.165, 1.54) is 0 Å². The average Bonchev–Trinajstić information content (AvgIpc) is 2.72. The molecule has 5 nitrogen and oxygen atoms in total. The molecule has 2 N–H and O–H groups in total. The van der Waals surface area contributed by atoms with Crippen molar-refractivity contribution in [3.63, 3.8) is 0 Å². The lowest BCUT2D eigenvalue weighted by Crippen LogP contribution is -2.19. The van der Waals surface area contributed by atoms with Crippen molar-refractivity contribution in [2.75, 3.05) is 0 Å². The lowest BCUT2D eigenvalue weighted by Gasteiger charge is -2.16. The van der Waals surface area contributed by atoms with E-state index in [2.05, 4.69) is 31.2 Å².